The van der Waals surface area contributed by atoms with Gasteiger partial charge in [-0.25, -0.2) is 27.0 Å². The molecule has 12 nitrogen and oxygen atoms in total. The molecule has 3 aliphatic rings. The fourth-order valence-electron chi connectivity index (χ4n) is 6.51. The number of anilines is 1. The molecule has 7 rings (SSSR count). The summed E-state index contributed by atoms with van der Waals surface area (Å²) in [6.45, 7) is -0.116. The number of fused-ring (bicyclic) bond motifs is 2. The number of rotatable bonds is 9. The number of ether oxygens (including phenoxy) is 2. The van der Waals surface area contributed by atoms with Gasteiger partial charge in [-0.2, -0.15) is 4.39 Å². The molecule has 52 heavy (non-hydrogen) atoms. The first-order chi connectivity index (χ1) is 24.7. The Balaban J connectivity index is 0.000000181. The van der Waals surface area contributed by atoms with E-state index >= 15 is 4.39 Å². The lowest BCUT2D eigenvalue weighted by Gasteiger charge is -2.24. The lowest BCUT2D eigenvalue weighted by atomic mass is 10.1. The summed E-state index contributed by atoms with van der Waals surface area (Å²) in [5.41, 5.74) is 3.54. The third-order valence-corrected chi connectivity index (χ3v) is 9.31. The van der Waals surface area contributed by atoms with Crippen LogP contribution in [0.3, 0.4) is 0 Å². The number of carbonyl (C=O) groups is 2. The number of aromatic carboxylic acids is 1. The highest BCUT2D eigenvalue weighted by atomic mass is 19.2. The van der Waals surface area contributed by atoms with E-state index < -0.39 is 83.2 Å². The van der Waals surface area contributed by atoms with Crippen molar-refractivity contribution in [3.8, 4) is 11.5 Å². The largest absolute Gasteiger partial charge is 0.798 e. The quantitative estimate of drug-likeness (QED) is 0.184. The van der Waals surface area contributed by atoms with Crippen molar-refractivity contribution in [1.29, 1.82) is 0 Å². The van der Waals surface area contributed by atoms with Crippen LogP contribution in [0.4, 0.5) is 31.9 Å². The van der Waals surface area contributed by atoms with Gasteiger partial charge in [0.1, 0.15) is 16.8 Å². The number of alkyl halides is 1. The molecule has 2 aromatic heterocycles. The van der Waals surface area contributed by atoms with Gasteiger partial charge in [0, 0.05) is 49.5 Å². The minimum atomic E-state index is -3.40. The van der Waals surface area contributed by atoms with Gasteiger partial charge < -0.3 is 39.0 Å². The predicted octanol–water partition coefficient (Wildman–Crippen LogP) is 4.62. The second-order valence-corrected chi connectivity index (χ2v) is 12.7. The highest BCUT2D eigenvalue weighted by Gasteiger charge is 2.36. The van der Waals surface area contributed by atoms with E-state index in [1.54, 1.807) is 9.47 Å². The Morgan fingerprint density at radius 3 is 1.87 bits per heavy atom. The number of hydrogen-bond donors (Lipinski definition) is 2. The molecule has 276 valence electrons. The number of carboxylic acids is 1. The topological polar surface area (TPSA) is 155 Å². The first-order valence-corrected chi connectivity index (χ1v) is 16.1. The van der Waals surface area contributed by atoms with Crippen LogP contribution < -0.4 is 31.0 Å². The molecule has 2 saturated carbocycles. The zero-order chi connectivity index (χ0) is 37.8. The molecule has 0 unspecified atom stereocenters. The molecule has 0 amide bonds. The summed E-state index contributed by atoms with van der Waals surface area (Å²) in [5, 5.41) is 8.97. The van der Waals surface area contributed by atoms with Crippen molar-refractivity contribution in [2.45, 2.75) is 43.8 Å². The number of pyridine rings is 2. The number of carboxylic acid groups (broad SMARTS) is 1. The number of nitrogens with zero attached hydrogens (tertiary/aromatic N) is 3. The van der Waals surface area contributed by atoms with Gasteiger partial charge in [-0.3, -0.25) is 14.0 Å². The minimum Gasteiger partial charge on any atom is -0.492 e. The van der Waals surface area contributed by atoms with Gasteiger partial charge in [-0.05, 0) is 37.8 Å². The van der Waals surface area contributed by atoms with Crippen LogP contribution >= 0.6 is 0 Å². The van der Waals surface area contributed by atoms with Gasteiger partial charge in [0.15, 0.2) is 23.1 Å². The molecule has 3 fully saturated rings. The number of carbonyl (C=O) groups excluding carboxylic acids is 1. The summed E-state index contributed by atoms with van der Waals surface area (Å²) < 4.78 is 97.6. The Labute approximate surface area is 290 Å². The molecule has 4 aromatic rings. The van der Waals surface area contributed by atoms with Crippen LogP contribution in [0.2, 0.25) is 0 Å². The molecular formula is C33H31BF6N4O8. The molecule has 3 heterocycles. The van der Waals surface area contributed by atoms with Gasteiger partial charge in [0.05, 0.1) is 42.7 Å². The lowest BCUT2D eigenvalue weighted by Crippen LogP contribution is -2.30. The maximum Gasteiger partial charge on any atom is 0.798 e. The van der Waals surface area contributed by atoms with E-state index in [4.69, 9.17) is 15.2 Å². The van der Waals surface area contributed by atoms with Crippen molar-refractivity contribution < 1.29 is 55.0 Å². The Hall–Kier alpha value is -5.20. The van der Waals surface area contributed by atoms with E-state index in [1.807, 2.05) is 0 Å². The summed E-state index contributed by atoms with van der Waals surface area (Å²) in [7, 11) is -0.924. The van der Waals surface area contributed by atoms with Gasteiger partial charge in [0.2, 0.25) is 16.7 Å². The van der Waals surface area contributed by atoms with Gasteiger partial charge >= 0.3 is 19.4 Å². The SMILES string of the molecule is COc1c(F)c(F)cc2c(=O)c(C(=O)OB(F)F)cn(C3CC3)c12.COc1c(N2C[C@@H](CF)[C@@H](N)C2)c(F)cc2c(=O)c(C(=O)O)cn(C3CC3)c12. The van der Waals surface area contributed by atoms with Crippen molar-refractivity contribution in [2.24, 2.45) is 11.7 Å². The average molecular weight is 736 g/mol. The van der Waals surface area contributed by atoms with Crippen molar-refractivity contribution >= 4 is 46.9 Å². The molecule has 3 N–H and O–H groups in total. The predicted molar refractivity (Wildman–Crippen MR) is 176 cm³/mol. The van der Waals surface area contributed by atoms with Crippen LogP contribution in [0.5, 0.6) is 11.5 Å². The normalized spacial score (nSPS) is 18.3. The maximum atomic E-state index is 15.1. The van der Waals surface area contributed by atoms with Crippen LogP contribution in [0.15, 0.2) is 34.1 Å². The summed E-state index contributed by atoms with van der Waals surface area (Å²) >= 11 is 0. The molecule has 2 aromatic carbocycles. The number of nitrogens with two attached hydrogens (primary N) is 1. The second kappa shape index (κ2) is 14.1. The summed E-state index contributed by atoms with van der Waals surface area (Å²) in [5.74, 6) is -7.00. The van der Waals surface area contributed by atoms with Crippen molar-refractivity contribution in [3.05, 3.63) is 73.6 Å². The van der Waals surface area contributed by atoms with Crippen LogP contribution in [0.25, 0.3) is 21.8 Å². The fraction of sp³-hybridized carbons (Fsp3) is 0.394. The Kier molecular flexibility index (Phi) is 9.91. The first-order valence-electron chi connectivity index (χ1n) is 16.1. The number of methoxy groups -OCH3 is 2. The van der Waals surface area contributed by atoms with Crippen LogP contribution in [-0.4, -0.2) is 73.7 Å². The second-order valence-electron chi connectivity index (χ2n) is 12.7. The highest BCUT2D eigenvalue weighted by molar-refractivity contribution is 6.38. The zero-order valence-corrected chi connectivity index (χ0v) is 27.6. The number of aromatic nitrogens is 2. The smallest absolute Gasteiger partial charge is 0.492 e. The van der Waals surface area contributed by atoms with E-state index in [9.17, 15) is 46.1 Å². The molecule has 1 aliphatic heterocycles. The lowest BCUT2D eigenvalue weighted by molar-refractivity contribution is 0.0682. The maximum absolute atomic E-state index is 15.1. The molecule has 0 bridgehead atoms. The number of halogens is 6. The monoisotopic (exact) mass is 736 g/mol. The standard InChI is InChI=1S/C19H21F2N3O4.C14H10BF4NO4/c1-28-18-15-11(17(25)12(19(26)27)7-24(15)10-2-3-10)4-13(21)16(18)23-6-9(5-20)14(22)8-23;1-23-13-10(17)9(16)4-7-11(13)20(6-2-3-6)5-8(12(7)21)14(22)24-15(18)19/h4,7,9-10,14H,2-3,5-6,8,22H2,1H3,(H,26,27);4-6H,2-3H2,1H3/t9-,14+;/m1./s1. The van der Waals surface area contributed by atoms with Crippen LogP contribution in [0.1, 0.15) is 58.5 Å². The van der Waals surface area contributed by atoms with E-state index in [-0.39, 0.29) is 52.9 Å². The molecule has 2 aliphatic carbocycles. The molecular weight excluding hydrogens is 705 g/mol. The minimum absolute atomic E-state index is 0.0211. The summed E-state index contributed by atoms with van der Waals surface area (Å²) in [6, 6.07) is 1.07. The van der Waals surface area contributed by atoms with E-state index in [1.165, 1.54) is 17.9 Å². The third-order valence-electron chi connectivity index (χ3n) is 9.31. The molecule has 1 saturated heterocycles. The summed E-state index contributed by atoms with van der Waals surface area (Å²) in [6.07, 6.45) is 5.31. The highest BCUT2D eigenvalue weighted by Crippen LogP contribution is 2.45. The third kappa shape index (κ3) is 6.52. The van der Waals surface area contributed by atoms with E-state index in [0.29, 0.717) is 24.4 Å². The van der Waals surface area contributed by atoms with Gasteiger partial charge in [0.25, 0.3) is 0 Å². The van der Waals surface area contributed by atoms with E-state index in [0.717, 1.165) is 32.2 Å². The van der Waals surface area contributed by atoms with Crippen molar-refractivity contribution in [2.75, 3.05) is 38.9 Å². The Bertz CT molecular complexity index is 2230. The molecule has 19 heteroatoms. The van der Waals surface area contributed by atoms with Crippen LogP contribution in [-0.2, 0) is 4.65 Å². The number of hydrogen-bond acceptors (Lipinski definition) is 9. The zero-order valence-electron chi connectivity index (χ0n) is 27.6. The first kappa shape index (κ1) is 36.6. The Morgan fingerprint density at radius 1 is 0.865 bits per heavy atom. The van der Waals surface area contributed by atoms with Crippen molar-refractivity contribution in [1.82, 2.24) is 9.13 Å². The molecule has 0 radical (unpaired) electrons. The fourth-order valence-corrected chi connectivity index (χ4v) is 6.51. The van der Waals surface area contributed by atoms with Crippen LogP contribution in [0, 0.1) is 23.4 Å². The Morgan fingerprint density at radius 2 is 1.38 bits per heavy atom. The van der Waals surface area contributed by atoms with Gasteiger partial charge in [-0.15, -0.1) is 0 Å². The van der Waals surface area contributed by atoms with Crippen molar-refractivity contribution in [3.63, 3.8) is 0 Å². The number of benzene rings is 2. The van der Waals surface area contributed by atoms with Gasteiger partial charge in [-0.1, -0.05) is 0 Å². The summed E-state index contributed by atoms with van der Waals surface area (Å²) in [4.78, 5) is 49.9. The molecule has 2 atom stereocenters. The molecule has 0 spiro atoms. The average Bonchev–Trinajstić information content (AvgIpc) is 4.03. The van der Waals surface area contributed by atoms with E-state index in [2.05, 4.69) is 4.65 Å².